The van der Waals surface area contributed by atoms with E-state index in [2.05, 4.69) is 22.2 Å². The predicted molar refractivity (Wildman–Crippen MR) is 89.5 cm³/mol. The van der Waals surface area contributed by atoms with Gasteiger partial charge in [0.25, 0.3) is 10.0 Å². The Balaban J connectivity index is 1.93. The van der Waals surface area contributed by atoms with E-state index in [1.54, 1.807) is 17.5 Å². The number of carbonyl (C=O) groups excluding carboxylic acids is 1. The summed E-state index contributed by atoms with van der Waals surface area (Å²) in [6.07, 6.45) is 1.93. The molecular formula is C15H19N3O3S2. The number of thiazole rings is 1. The number of aryl methyl sites for hydroxylation is 2. The predicted octanol–water partition coefficient (Wildman–Crippen LogP) is 1.96. The molecule has 2 aromatic rings. The molecule has 1 aromatic heterocycles. The highest BCUT2D eigenvalue weighted by Crippen LogP contribution is 2.11. The van der Waals surface area contributed by atoms with Crippen molar-refractivity contribution in [2.75, 3.05) is 0 Å². The number of nitrogens with zero attached hydrogens (tertiary/aromatic N) is 1. The van der Waals surface area contributed by atoms with Crippen LogP contribution in [0.4, 0.5) is 0 Å². The van der Waals surface area contributed by atoms with Crippen molar-refractivity contribution < 1.29 is 13.2 Å². The van der Waals surface area contributed by atoms with Crippen molar-refractivity contribution >= 4 is 27.3 Å². The van der Waals surface area contributed by atoms with Crippen molar-refractivity contribution in [3.8, 4) is 0 Å². The molecule has 0 bridgehead atoms. The molecule has 1 aromatic carbocycles. The summed E-state index contributed by atoms with van der Waals surface area (Å²) in [5, 5.41) is 2.64. The van der Waals surface area contributed by atoms with E-state index in [0.29, 0.717) is 5.69 Å². The number of hydrazine groups is 1. The van der Waals surface area contributed by atoms with Gasteiger partial charge < -0.3 is 0 Å². The Kier molecular flexibility index (Phi) is 5.86. The second kappa shape index (κ2) is 7.67. The van der Waals surface area contributed by atoms with Crippen LogP contribution in [-0.4, -0.2) is 19.3 Å². The van der Waals surface area contributed by atoms with E-state index in [-0.39, 0.29) is 11.3 Å². The van der Waals surface area contributed by atoms with E-state index < -0.39 is 15.9 Å². The fourth-order valence-corrected chi connectivity index (χ4v) is 3.48. The average Bonchev–Trinajstić information content (AvgIpc) is 2.91. The van der Waals surface area contributed by atoms with Crippen molar-refractivity contribution in [1.29, 1.82) is 0 Å². The second-order valence-corrected chi connectivity index (χ2v) is 7.83. The minimum atomic E-state index is -3.77. The normalized spacial score (nSPS) is 11.4. The molecule has 23 heavy (non-hydrogen) atoms. The van der Waals surface area contributed by atoms with Gasteiger partial charge in [-0.1, -0.05) is 25.5 Å². The zero-order chi connectivity index (χ0) is 16.9. The van der Waals surface area contributed by atoms with Gasteiger partial charge in [0, 0.05) is 5.38 Å². The maximum absolute atomic E-state index is 12.1. The third-order valence-electron chi connectivity index (χ3n) is 3.11. The first-order chi connectivity index (χ1) is 10.9. The van der Waals surface area contributed by atoms with Crippen LogP contribution < -0.4 is 10.3 Å². The number of carbonyl (C=O) groups is 1. The highest BCUT2D eigenvalue weighted by molar-refractivity contribution is 7.89. The molecular weight excluding hydrogens is 334 g/mol. The number of aromatic nitrogens is 1. The smallest absolute Gasteiger partial charge is 0.257 e. The van der Waals surface area contributed by atoms with Gasteiger partial charge in [0.15, 0.2) is 0 Å². The molecule has 124 valence electrons. The summed E-state index contributed by atoms with van der Waals surface area (Å²) in [5.74, 6) is -0.457. The second-order valence-electron chi connectivity index (χ2n) is 5.08. The Morgan fingerprint density at radius 2 is 1.96 bits per heavy atom. The summed E-state index contributed by atoms with van der Waals surface area (Å²) >= 11 is 1.44. The molecule has 0 fully saturated rings. The first-order valence-corrected chi connectivity index (χ1v) is 9.57. The highest BCUT2D eigenvalue weighted by atomic mass is 32.2. The quantitative estimate of drug-likeness (QED) is 0.745. The van der Waals surface area contributed by atoms with Gasteiger partial charge >= 0.3 is 0 Å². The largest absolute Gasteiger partial charge is 0.277 e. The summed E-state index contributed by atoms with van der Waals surface area (Å²) in [4.78, 5) is 18.1. The Hall–Kier alpha value is -1.77. The molecule has 0 unspecified atom stereocenters. The molecule has 1 heterocycles. The third kappa shape index (κ3) is 5.12. The first-order valence-electron chi connectivity index (χ1n) is 7.21. The van der Waals surface area contributed by atoms with Crippen LogP contribution >= 0.6 is 11.3 Å². The van der Waals surface area contributed by atoms with Crippen molar-refractivity contribution in [1.82, 2.24) is 15.2 Å². The number of sulfonamides is 1. The lowest BCUT2D eigenvalue weighted by Crippen LogP contribution is -2.42. The lowest BCUT2D eigenvalue weighted by atomic mass is 10.1. The minimum Gasteiger partial charge on any atom is -0.277 e. The molecule has 2 rings (SSSR count). The maximum atomic E-state index is 12.1. The van der Waals surface area contributed by atoms with E-state index >= 15 is 0 Å². The first kappa shape index (κ1) is 17.6. The molecule has 0 aliphatic rings. The van der Waals surface area contributed by atoms with Crippen LogP contribution in [0.1, 0.15) is 29.6 Å². The van der Waals surface area contributed by atoms with Crippen LogP contribution in [0, 0.1) is 6.92 Å². The molecule has 6 nitrogen and oxygen atoms in total. The number of rotatable bonds is 7. The van der Waals surface area contributed by atoms with Gasteiger partial charge in [0.05, 0.1) is 22.0 Å². The van der Waals surface area contributed by atoms with Gasteiger partial charge in [-0.25, -0.2) is 13.4 Å². The molecule has 1 amide bonds. The molecule has 0 spiro atoms. The van der Waals surface area contributed by atoms with Crippen molar-refractivity contribution in [3.05, 3.63) is 45.9 Å². The molecule has 0 saturated heterocycles. The minimum absolute atomic E-state index is 0.0301. The zero-order valence-corrected chi connectivity index (χ0v) is 14.6. The summed E-state index contributed by atoms with van der Waals surface area (Å²) in [5.41, 5.74) is 3.90. The number of benzene rings is 1. The zero-order valence-electron chi connectivity index (χ0n) is 13.0. The van der Waals surface area contributed by atoms with E-state index in [1.807, 2.05) is 6.92 Å². The Morgan fingerprint density at radius 3 is 2.52 bits per heavy atom. The Labute approximate surface area is 140 Å². The van der Waals surface area contributed by atoms with Gasteiger partial charge in [-0.15, -0.1) is 16.2 Å². The summed E-state index contributed by atoms with van der Waals surface area (Å²) in [7, 11) is -3.77. The maximum Gasteiger partial charge on any atom is 0.257 e. The van der Waals surface area contributed by atoms with E-state index in [4.69, 9.17) is 0 Å². The lowest BCUT2D eigenvalue weighted by Gasteiger charge is -2.08. The highest BCUT2D eigenvalue weighted by Gasteiger charge is 2.15. The molecule has 0 radical (unpaired) electrons. The third-order valence-corrected chi connectivity index (χ3v) is 5.19. The van der Waals surface area contributed by atoms with E-state index in [0.717, 1.165) is 23.4 Å². The van der Waals surface area contributed by atoms with Crippen molar-refractivity contribution in [3.63, 3.8) is 0 Å². The lowest BCUT2D eigenvalue weighted by molar-refractivity contribution is -0.120. The number of hydrogen-bond donors (Lipinski definition) is 2. The average molecular weight is 353 g/mol. The number of amides is 1. The summed E-state index contributed by atoms with van der Waals surface area (Å²) in [6.45, 7) is 3.91. The topological polar surface area (TPSA) is 88.2 Å². The fourth-order valence-electron chi connectivity index (χ4n) is 2.01. The molecule has 0 aliphatic carbocycles. The van der Waals surface area contributed by atoms with Gasteiger partial charge in [-0.05, 0) is 31.0 Å². The van der Waals surface area contributed by atoms with Gasteiger partial charge in [-0.2, -0.15) is 0 Å². The van der Waals surface area contributed by atoms with Gasteiger partial charge in [0.2, 0.25) is 5.91 Å². The number of hydrogen-bond acceptors (Lipinski definition) is 5. The SMILES string of the molecule is CCCc1ccc(S(=O)(=O)NNC(=O)Cc2csc(C)n2)cc1. The number of nitrogens with one attached hydrogen (secondary N) is 2. The molecule has 8 heteroatoms. The summed E-state index contributed by atoms with van der Waals surface area (Å²) < 4.78 is 24.2. The van der Waals surface area contributed by atoms with Crippen molar-refractivity contribution in [2.45, 2.75) is 38.0 Å². The van der Waals surface area contributed by atoms with Crippen LogP contribution in [0.3, 0.4) is 0 Å². The molecule has 0 aliphatic heterocycles. The standard InChI is InChI=1S/C15H19N3O3S2/c1-3-4-12-5-7-14(8-6-12)23(20,21)18-17-15(19)9-13-10-22-11(2)16-13/h5-8,10,18H,3-4,9H2,1-2H3,(H,17,19). The molecule has 0 atom stereocenters. The van der Waals surface area contributed by atoms with E-state index in [1.165, 1.54) is 23.5 Å². The van der Waals surface area contributed by atoms with E-state index in [9.17, 15) is 13.2 Å². The van der Waals surface area contributed by atoms with Crippen LogP contribution in [-0.2, 0) is 27.7 Å². The molecule has 2 N–H and O–H groups in total. The Morgan fingerprint density at radius 1 is 1.26 bits per heavy atom. The van der Waals surface area contributed by atoms with Crippen LogP contribution in [0.5, 0.6) is 0 Å². The fraction of sp³-hybridized carbons (Fsp3) is 0.333. The van der Waals surface area contributed by atoms with Gasteiger partial charge in [-0.3, -0.25) is 10.2 Å². The van der Waals surface area contributed by atoms with Gasteiger partial charge in [0.1, 0.15) is 0 Å². The molecule has 0 saturated carbocycles. The Bertz CT molecular complexity index is 768. The summed E-state index contributed by atoms with van der Waals surface area (Å²) in [6, 6.07) is 6.61. The van der Waals surface area contributed by atoms with Crippen LogP contribution in [0.15, 0.2) is 34.5 Å². The van der Waals surface area contributed by atoms with Crippen LogP contribution in [0.2, 0.25) is 0 Å². The monoisotopic (exact) mass is 353 g/mol. The van der Waals surface area contributed by atoms with Crippen molar-refractivity contribution in [2.24, 2.45) is 0 Å². The van der Waals surface area contributed by atoms with Crippen LogP contribution in [0.25, 0.3) is 0 Å².